The van der Waals surface area contributed by atoms with Gasteiger partial charge in [0.25, 0.3) is 0 Å². The standard InChI is InChI=1S/C17H17ClO5S/c1-2-24(20,21)16-6-4-3-5-15(16)17(19)23-12-11-22-14-9-7-13(18)8-10-14/h3-10H,2,11-12H2,1H3. The van der Waals surface area contributed by atoms with Crippen LogP contribution in [0.4, 0.5) is 0 Å². The van der Waals surface area contributed by atoms with E-state index in [2.05, 4.69) is 0 Å². The van der Waals surface area contributed by atoms with E-state index in [9.17, 15) is 13.2 Å². The summed E-state index contributed by atoms with van der Waals surface area (Å²) in [5.41, 5.74) is 0.0332. The highest BCUT2D eigenvalue weighted by Gasteiger charge is 2.21. The topological polar surface area (TPSA) is 69.7 Å². The van der Waals surface area contributed by atoms with Crippen LogP contribution in [0.5, 0.6) is 5.75 Å². The highest BCUT2D eigenvalue weighted by Crippen LogP contribution is 2.18. The molecule has 7 heteroatoms. The Morgan fingerprint density at radius 1 is 1.04 bits per heavy atom. The normalized spacial score (nSPS) is 11.1. The van der Waals surface area contributed by atoms with Crippen LogP contribution in [0.15, 0.2) is 53.4 Å². The van der Waals surface area contributed by atoms with Gasteiger partial charge in [0.1, 0.15) is 19.0 Å². The first-order valence-corrected chi connectivity index (χ1v) is 9.34. The summed E-state index contributed by atoms with van der Waals surface area (Å²) in [6.45, 7) is 1.68. The maximum Gasteiger partial charge on any atom is 0.339 e. The van der Waals surface area contributed by atoms with Gasteiger partial charge in [-0.15, -0.1) is 0 Å². The third-order valence-corrected chi connectivity index (χ3v) is 5.26. The fourth-order valence-corrected chi connectivity index (χ4v) is 3.17. The van der Waals surface area contributed by atoms with Gasteiger partial charge in [-0.1, -0.05) is 30.7 Å². The summed E-state index contributed by atoms with van der Waals surface area (Å²) < 4.78 is 34.6. The van der Waals surface area contributed by atoms with Crippen molar-refractivity contribution in [1.82, 2.24) is 0 Å². The number of benzene rings is 2. The average Bonchev–Trinajstić information content (AvgIpc) is 2.60. The second-order valence-corrected chi connectivity index (χ2v) is 7.52. The van der Waals surface area contributed by atoms with Crippen LogP contribution in [0, 0.1) is 0 Å². The number of halogens is 1. The number of rotatable bonds is 7. The monoisotopic (exact) mass is 368 g/mol. The molecule has 0 radical (unpaired) electrons. The highest BCUT2D eigenvalue weighted by molar-refractivity contribution is 7.91. The number of hydrogen-bond acceptors (Lipinski definition) is 5. The number of carbonyl (C=O) groups is 1. The molecule has 128 valence electrons. The Balaban J connectivity index is 1.95. The maximum atomic E-state index is 12.1. The molecule has 2 aromatic rings. The Morgan fingerprint density at radius 2 is 1.71 bits per heavy atom. The third-order valence-electron chi connectivity index (χ3n) is 3.22. The lowest BCUT2D eigenvalue weighted by atomic mass is 10.2. The first-order chi connectivity index (χ1) is 11.4. The van der Waals surface area contributed by atoms with Crippen molar-refractivity contribution in [3.63, 3.8) is 0 Å². The molecule has 0 atom stereocenters. The van der Waals surface area contributed by atoms with Crippen LogP contribution < -0.4 is 4.74 Å². The first-order valence-electron chi connectivity index (χ1n) is 7.31. The van der Waals surface area contributed by atoms with Gasteiger partial charge in [-0.25, -0.2) is 13.2 Å². The summed E-state index contributed by atoms with van der Waals surface area (Å²) in [6, 6.07) is 12.8. The van der Waals surface area contributed by atoms with Gasteiger partial charge in [0, 0.05) is 5.02 Å². The average molecular weight is 369 g/mol. The lowest BCUT2D eigenvalue weighted by Crippen LogP contribution is -2.16. The SMILES string of the molecule is CCS(=O)(=O)c1ccccc1C(=O)OCCOc1ccc(Cl)cc1. The second-order valence-electron chi connectivity index (χ2n) is 4.84. The molecular weight excluding hydrogens is 352 g/mol. The summed E-state index contributed by atoms with van der Waals surface area (Å²) in [5, 5.41) is 0.600. The molecule has 0 amide bonds. The summed E-state index contributed by atoms with van der Waals surface area (Å²) in [4.78, 5) is 12.1. The van der Waals surface area contributed by atoms with Gasteiger partial charge < -0.3 is 9.47 Å². The summed E-state index contributed by atoms with van der Waals surface area (Å²) >= 11 is 5.77. The highest BCUT2D eigenvalue weighted by atomic mass is 35.5. The Labute approximate surface area is 146 Å². The van der Waals surface area contributed by atoms with Gasteiger partial charge in [0.15, 0.2) is 9.84 Å². The van der Waals surface area contributed by atoms with Crippen LogP contribution in [-0.4, -0.2) is 33.4 Å². The minimum Gasteiger partial charge on any atom is -0.490 e. The van der Waals surface area contributed by atoms with Gasteiger partial charge in [-0.05, 0) is 36.4 Å². The number of hydrogen-bond donors (Lipinski definition) is 0. The fourth-order valence-electron chi connectivity index (χ4n) is 1.96. The molecular formula is C17H17ClO5S. The zero-order valence-electron chi connectivity index (χ0n) is 13.1. The van der Waals surface area contributed by atoms with Crippen LogP contribution in [0.25, 0.3) is 0 Å². The molecule has 0 unspecified atom stereocenters. The quantitative estimate of drug-likeness (QED) is 0.553. The largest absolute Gasteiger partial charge is 0.490 e. The van der Waals surface area contributed by atoms with Crippen molar-refractivity contribution in [2.24, 2.45) is 0 Å². The summed E-state index contributed by atoms with van der Waals surface area (Å²) in [7, 11) is -3.50. The Morgan fingerprint density at radius 3 is 2.38 bits per heavy atom. The van der Waals surface area contributed by atoms with Crippen LogP contribution in [-0.2, 0) is 14.6 Å². The minimum atomic E-state index is -3.50. The van der Waals surface area contributed by atoms with Gasteiger partial charge in [0.2, 0.25) is 0 Å². The van der Waals surface area contributed by atoms with Gasteiger partial charge in [0.05, 0.1) is 16.2 Å². The minimum absolute atomic E-state index is 0.00195. The second kappa shape index (κ2) is 8.17. The molecule has 0 aliphatic heterocycles. The van der Waals surface area contributed by atoms with E-state index in [0.717, 1.165) is 0 Å². The van der Waals surface area contributed by atoms with Crippen molar-refractivity contribution in [3.8, 4) is 5.75 Å². The smallest absolute Gasteiger partial charge is 0.339 e. The molecule has 0 saturated carbocycles. The third kappa shape index (κ3) is 4.72. The molecule has 0 aliphatic rings. The van der Waals surface area contributed by atoms with E-state index in [-0.39, 0.29) is 29.4 Å². The number of carbonyl (C=O) groups excluding carboxylic acids is 1. The lowest BCUT2D eigenvalue weighted by molar-refractivity contribution is 0.0446. The Bertz CT molecular complexity index is 800. The van der Waals surface area contributed by atoms with Gasteiger partial charge in [-0.2, -0.15) is 0 Å². The van der Waals surface area contributed by atoms with Crippen LogP contribution >= 0.6 is 11.6 Å². The summed E-state index contributed by atoms with van der Waals surface area (Å²) in [5.74, 6) is -0.177. The molecule has 0 bridgehead atoms. The van der Waals surface area contributed by atoms with Crippen molar-refractivity contribution in [2.75, 3.05) is 19.0 Å². The van der Waals surface area contributed by atoms with E-state index in [1.807, 2.05) is 0 Å². The van der Waals surface area contributed by atoms with E-state index < -0.39 is 15.8 Å². The number of esters is 1. The van der Waals surface area contributed by atoms with E-state index >= 15 is 0 Å². The van der Waals surface area contributed by atoms with Crippen molar-refractivity contribution in [1.29, 1.82) is 0 Å². The molecule has 5 nitrogen and oxygen atoms in total. The number of ether oxygens (including phenoxy) is 2. The number of sulfone groups is 1. The van der Waals surface area contributed by atoms with Crippen molar-refractivity contribution < 1.29 is 22.7 Å². The van der Waals surface area contributed by atoms with Crippen molar-refractivity contribution in [3.05, 3.63) is 59.1 Å². The molecule has 0 aliphatic carbocycles. The molecule has 0 saturated heterocycles. The fraction of sp³-hybridized carbons (Fsp3) is 0.235. The van der Waals surface area contributed by atoms with Gasteiger partial charge in [-0.3, -0.25) is 0 Å². The molecule has 2 rings (SSSR count). The zero-order chi connectivity index (χ0) is 17.6. The Hall–Kier alpha value is -2.05. The van der Waals surface area contributed by atoms with E-state index in [1.54, 1.807) is 36.4 Å². The molecule has 0 fully saturated rings. The van der Waals surface area contributed by atoms with Crippen LogP contribution in [0.3, 0.4) is 0 Å². The Kier molecular flexibility index (Phi) is 6.23. The molecule has 0 N–H and O–H groups in total. The summed E-state index contributed by atoms with van der Waals surface area (Å²) in [6.07, 6.45) is 0. The molecule has 0 aromatic heterocycles. The van der Waals surface area contributed by atoms with E-state index in [0.29, 0.717) is 10.8 Å². The van der Waals surface area contributed by atoms with E-state index in [1.165, 1.54) is 19.1 Å². The molecule has 0 spiro atoms. The van der Waals surface area contributed by atoms with Gasteiger partial charge >= 0.3 is 5.97 Å². The molecule has 2 aromatic carbocycles. The molecule has 0 heterocycles. The lowest BCUT2D eigenvalue weighted by Gasteiger charge is -2.10. The zero-order valence-corrected chi connectivity index (χ0v) is 14.6. The van der Waals surface area contributed by atoms with Crippen molar-refractivity contribution >= 4 is 27.4 Å². The molecule has 24 heavy (non-hydrogen) atoms. The predicted molar refractivity (Wildman–Crippen MR) is 91.4 cm³/mol. The van der Waals surface area contributed by atoms with Crippen molar-refractivity contribution in [2.45, 2.75) is 11.8 Å². The van der Waals surface area contributed by atoms with E-state index in [4.69, 9.17) is 21.1 Å². The van der Waals surface area contributed by atoms with Crippen LogP contribution in [0.1, 0.15) is 17.3 Å². The van der Waals surface area contributed by atoms with Crippen LogP contribution in [0.2, 0.25) is 5.02 Å². The predicted octanol–water partition coefficient (Wildman–Crippen LogP) is 3.37. The first kappa shape index (κ1) is 18.3. The maximum absolute atomic E-state index is 12.1.